The summed E-state index contributed by atoms with van der Waals surface area (Å²) in [6.45, 7) is 4.02. The van der Waals surface area contributed by atoms with Crippen LogP contribution in [-0.4, -0.2) is 24.3 Å². The summed E-state index contributed by atoms with van der Waals surface area (Å²) in [5.74, 6) is 1.15. The van der Waals surface area contributed by atoms with Gasteiger partial charge in [0.05, 0.1) is 0 Å². The Hall–Kier alpha value is -1.84. The van der Waals surface area contributed by atoms with Crippen molar-refractivity contribution in [3.05, 3.63) is 29.8 Å². The van der Waals surface area contributed by atoms with Crippen LogP contribution in [0.25, 0.3) is 0 Å². The van der Waals surface area contributed by atoms with Gasteiger partial charge in [0.25, 0.3) is 5.91 Å². The zero-order chi connectivity index (χ0) is 15.9. The Morgan fingerprint density at radius 1 is 1.18 bits per heavy atom. The number of benzene rings is 1. The molecule has 1 aliphatic carbocycles. The van der Waals surface area contributed by atoms with Crippen molar-refractivity contribution >= 4 is 11.7 Å². The van der Waals surface area contributed by atoms with Crippen LogP contribution in [0.5, 0.6) is 5.75 Å². The molecule has 4 heteroatoms. The fourth-order valence-corrected chi connectivity index (χ4v) is 2.81. The first-order valence-electron chi connectivity index (χ1n) is 8.11. The van der Waals surface area contributed by atoms with Crippen LogP contribution in [-0.2, 0) is 4.79 Å². The second-order valence-corrected chi connectivity index (χ2v) is 6.09. The van der Waals surface area contributed by atoms with Crippen LogP contribution in [0.3, 0.4) is 0 Å². The zero-order valence-corrected chi connectivity index (χ0v) is 13.4. The van der Waals surface area contributed by atoms with Crippen LogP contribution in [0.15, 0.2) is 24.3 Å². The van der Waals surface area contributed by atoms with Gasteiger partial charge in [-0.25, -0.2) is 0 Å². The lowest BCUT2D eigenvalue weighted by Crippen LogP contribution is -2.39. The molecule has 0 heterocycles. The van der Waals surface area contributed by atoms with Gasteiger partial charge in [0, 0.05) is 12.1 Å². The summed E-state index contributed by atoms with van der Waals surface area (Å²) < 4.78 is 5.63. The molecule has 1 aliphatic rings. The topological polar surface area (TPSA) is 55.4 Å². The van der Waals surface area contributed by atoms with Gasteiger partial charge in [-0.15, -0.1) is 0 Å². The van der Waals surface area contributed by atoms with Gasteiger partial charge in [0.1, 0.15) is 5.75 Å². The Balaban J connectivity index is 1.78. The highest BCUT2D eigenvalue weighted by Gasteiger charge is 2.18. The molecule has 1 amide bonds. The Bertz CT molecular complexity index is 504. The molecule has 0 saturated heterocycles. The van der Waals surface area contributed by atoms with E-state index in [1.54, 1.807) is 31.2 Å². The zero-order valence-electron chi connectivity index (χ0n) is 13.4. The third kappa shape index (κ3) is 4.86. The molecular weight excluding hydrogens is 278 g/mol. The van der Waals surface area contributed by atoms with Gasteiger partial charge in [-0.1, -0.05) is 19.3 Å². The normalized spacial score (nSPS) is 16.8. The van der Waals surface area contributed by atoms with E-state index in [0.29, 0.717) is 17.2 Å². The highest BCUT2D eigenvalue weighted by Crippen LogP contribution is 2.22. The van der Waals surface area contributed by atoms with Gasteiger partial charge >= 0.3 is 0 Å². The van der Waals surface area contributed by atoms with Gasteiger partial charge in [0.2, 0.25) is 0 Å². The Labute approximate surface area is 132 Å². The van der Waals surface area contributed by atoms with Crippen molar-refractivity contribution in [1.82, 2.24) is 5.32 Å². The smallest absolute Gasteiger partial charge is 0.260 e. The maximum absolute atomic E-state index is 12.1. The second-order valence-electron chi connectivity index (χ2n) is 6.09. The van der Waals surface area contributed by atoms with Crippen LogP contribution >= 0.6 is 0 Å². The number of ether oxygens (including phenoxy) is 1. The SMILES string of the molecule is CC(=O)c1ccc(O[C@H](C)C(=O)NCC2CCCCC2)cc1. The fraction of sp³-hybridized carbons (Fsp3) is 0.556. The van der Waals surface area contributed by atoms with Crippen molar-refractivity contribution < 1.29 is 14.3 Å². The molecule has 22 heavy (non-hydrogen) atoms. The van der Waals surface area contributed by atoms with Gasteiger partial charge in [-0.3, -0.25) is 9.59 Å². The number of ketones is 1. The summed E-state index contributed by atoms with van der Waals surface area (Å²) in [4.78, 5) is 23.3. The average Bonchev–Trinajstić information content (AvgIpc) is 2.54. The number of Topliss-reactive ketones (excluding diaryl/α,β-unsaturated/α-hetero) is 1. The summed E-state index contributed by atoms with van der Waals surface area (Å²) >= 11 is 0. The van der Waals surface area contributed by atoms with E-state index in [1.165, 1.54) is 39.0 Å². The number of nitrogens with one attached hydrogen (secondary N) is 1. The van der Waals surface area contributed by atoms with Gasteiger partial charge < -0.3 is 10.1 Å². The summed E-state index contributed by atoms with van der Waals surface area (Å²) in [6.07, 6.45) is 5.75. The maximum atomic E-state index is 12.1. The number of hydrogen-bond donors (Lipinski definition) is 1. The molecule has 0 radical (unpaired) electrons. The first-order valence-corrected chi connectivity index (χ1v) is 8.11. The van der Waals surface area contributed by atoms with Crippen LogP contribution in [0, 0.1) is 5.92 Å². The van der Waals surface area contributed by atoms with E-state index in [1.807, 2.05) is 0 Å². The Morgan fingerprint density at radius 2 is 1.82 bits per heavy atom. The van der Waals surface area contributed by atoms with E-state index in [4.69, 9.17) is 4.74 Å². The van der Waals surface area contributed by atoms with E-state index < -0.39 is 6.10 Å². The monoisotopic (exact) mass is 303 g/mol. The van der Waals surface area contributed by atoms with E-state index >= 15 is 0 Å². The molecule has 1 saturated carbocycles. The van der Waals surface area contributed by atoms with Crippen molar-refractivity contribution in [2.45, 2.75) is 52.1 Å². The molecule has 0 unspecified atom stereocenters. The third-order valence-corrected chi connectivity index (χ3v) is 4.23. The first-order chi connectivity index (χ1) is 10.6. The number of carbonyl (C=O) groups excluding carboxylic acids is 2. The molecule has 4 nitrogen and oxygen atoms in total. The van der Waals surface area contributed by atoms with Crippen molar-refractivity contribution in [3.63, 3.8) is 0 Å². The molecule has 2 rings (SSSR count). The third-order valence-electron chi connectivity index (χ3n) is 4.23. The fourth-order valence-electron chi connectivity index (χ4n) is 2.81. The minimum Gasteiger partial charge on any atom is -0.481 e. The Kier molecular flexibility index (Phi) is 5.99. The van der Waals surface area contributed by atoms with E-state index in [0.717, 1.165) is 6.54 Å². The van der Waals surface area contributed by atoms with Crippen LogP contribution in [0.2, 0.25) is 0 Å². The highest BCUT2D eigenvalue weighted by atomic mass is 16.5. The van der Waals surface area contributed by atoms with Gasteiger partial charge in [-0.05, 0) is 56.9 Å². The molecule has 0 aromatic heterocycles. The number of carbonyl (C=O) groups is 2. The lowest BCUT2D eigenvalue weighted by molar-refractivity contribution is -0.127. The Morgan fingerprint density at radius 3 is 2.41 bits per heavy atom. The average molecular weight is 303 g/mol. The minimum atomic E-state index is -0.535. The van der Waals surface area contributed by atoms with Crippen LogP contribution in [0.4, 0.5) is 0 Å². The summed E-state index contributed by atoms with van der Waals surface area (Å²) in [7, 11) is 0. The molecular formula is C18H25NO3. The van der Waals surface area contributed by atoms with E-state index in [2.05, 4.69) is 5.32 Å². The van der Waals surface area contributed by atoms with Crippen molar-refractivity contribution in [1.29, 1.82) is 0 Å². The minimum absolute atomic E-state index is 0.0184. The number of hydrogen-bond acceptors (Lipinski definition) is 3. The predicted octanol–water partition coefficient (Wildman–Crippen LogP) is 3.35. The van der Waals surface area contributed by atoms with E-state index in [9.17, 15) is 9.59 Å². The molecule has 1 atom stereocenters. The van der Waals surface area contributed by atoms with Crippen LogP contribution < -0.4 is 10.1 Å². The first kappa shape index (κ1) is 16.5. The molecule has 1 aromatic rings. The standard InChI is InChI=1S/C18H25NO3/c1-13(20)16-8-10-17(11-9-16)22-14(2)18(21)19-12-15-6-4-3-5-7-15/h8-11,14-15H,3-7,12H2,1-2H3,(H,19,21)/t14-/m1/s1. The summed E-state index contributed by atoms with van der Waals surface area (Å²) in [5.41, 5.74) is 0.641. The molecule has 1 N–H and O–H groups in total. The van der Waals surface area contributed by atoms with Gasteiger partial charge in [-0.2, -0.15) is 0 Å². The molecule has 0 spiro atoms. The van der Waals surface area contributed by atoms with Crippen molar-refractivity contribution in [3.8, 4) is 5.75 Å². The highest BCUT2D eigenvalue weighted by molar-refractivity contribution is 5.94. The lowest BCUT2D eigenvalue weighted by Gasteiger charge is -2.23. The molecule has 1 fully saturated rings. The second kappa shape index (κ2) is 7.97. The summed E-state index contributed by atoms with van der Waals surface area (Å²) in [6, 6.07) is 6.87. The maximum Gasteiger partial charge on any atom is 0.260 e. The van der Waals surface area contributed by atoms with Crippen molar-refractivity contribution in [2.75, 3.05) is 6.54 Å². The molecule has 0 aliphatic heterocycles. The number of amides is 1. The molecule has 0 bridgehead atoms. The molecule has 120 valence electrons. The van der Waals surface area contributed by atoms with Gasteiger partial charge in [0.15, 0.2) is 11.9 Å². The quantitative estimate of drug-likeness (QED) is 0.820. The lowest BCUT2D eigenvalue weighted by atomic mass is 9.89. The van der Waals surface area contributed by atoms with Crippen LogP contribution in [0.1, 0.15) is 56.3 Å². The predicted molar refractivity (Wildman–Crippen MR) is 86.1 cm³/mol. The van der Waals surface area contributed by atoms with Crippen molar-refractivity contribution in [2.24, 2.45) is 5.92 Å². The summed E-state index contributed by atoms with van der Waals surface area (Å²) in [5, 5.41) is 2.98. The largest absolute Gasteiger partial charge is 0.481 e. The molecule has 1 aromatic carbocycles. The van der Waals surface area contributed by atoms with E-state index in [-0.39, 0.29) is 11.7 Å². The number of rotatable bonds is 6.